The van der Waals surface area contributed by atoms with Gasteiger partial charge >= 0.3 is 0 Å². The van der Waals surface area contributed by atoms with Crippen molar-refractivity contribution in [3.05, 3.63) is 40.1 Å². The summed E-state index contributed by atoms with van der Waals surface area (Å²) in [6.45, 7) is 4.71. The third-order valence-corrected chi connectivity index (χ3v) is 5.01. The van der Waals surface area contributed by atoms with Crippen molar-refractivity contribution in [3.63, 3.8) is 0 Å². The Morgan fingerprint density at radius 1 is 1.15 bits per heavy atom. The molecule has 26 heavy (non-hydrogen) atoms. The molecule has 0 aliphatic heterocycles. The van der Waals surface area contributed by atoms with Gasteiger partial charge in [0, 0.05) is 6.54 Å². The van der Waals surface area contributed by atoms with Gasteiger partial charge in [0.05, 0.1) is 32.8 Å². The summed E-state index contributed by atoms with van der Waals surface area (Å²) in [6, 6.07) is 7.83. The SMILES string of the molecule is CC[NH+](CC(=O)NCc1cc(OC)c(OC)c(OC)c1)Cc1cccs1. The average molecular weight is 380 g/mol. The van der Waals surface area contributed by atoms with Gasteiger partial charge in [-0.3, -0.25) is 4.79 Å². The number of amides is 1. The molecule has 1 aromatic heterocycles. The highest BCUT2D eigenvalue weighted by Gasteiger charge is 2.16. The van der Waals surface area contributed by atoms with E-state index in [1.807, 2.05) is 18.2 Å². The quantitative estimate of drug-likeness (QED) is 0.657. The molecule has 1 heterocycles. The first-order valence-electron chi connectivity index (χ1n) is 8.52. The fourth-order valence-electron chi connectivity index (χ4n) is 2.70. The van der Waals surface area contributed by atoms with Gasteiger partial charge in [0.2, 0.25) is 5.75 Å². The van der Waals surface area contributed by atoms with Crippen LogP contribution in [0.1, 0.15) is 17.4 Å². The molecule has 7 heteroatoms. The molecule has 2 aromatic rings. The van der Waals surface area contributed by atoms with E-state index < -0.39 is 0 Å². The van der Waals surface area contributed by atoms with Crippen molar-refractivity contribution in [3.8, 4) is 17.2 Å². The zero-order chi connectivity index (χ0) is 18.9. The van der Waals surface area contributed by atoms with E-state index in [2.05, 4.69) is 23.7 Å². The molecular formula is C19H27N2O4S+. The van der Waals surface area contributed by atoms with Crippen LogP contribution < -0.4 is 24.4 Å². The minimum atomic E-state index is 0.0205. The molecule has 0 saturated carbocycles. The van der Waals surface area contributed by atoms with Gasteiger partial charge in [0.15, 0.2) is 18.0 Å². The topological polar surface area (TPSA) is 61.2 Å². The van der Waals surface area contributed by atoms with Crippen molar-refractivity contribution in [1.29, 1.82) is 0 Å². The number of benzene rings is 1. The zero-order valence-electron chi connectivity index (χ0n) is 15.8. The van der Waals surface area contributed by atoms with E-state index in [9.17, 15) is 4.79 Å². The van der Waals surface area contributed by atoms with E-state index in [1.165, 1.54) is 9.78 Å². The first-order chi connectivity index (χ1) is 12.6. The highest BCUT2D eigenvalue weighted by Crippen LogP contribution is 2.38. The molecule has 1 unspecified atom stereocenters. The number of likely N-dealkylation sites (N-methyl/N-ethyl adjacent to an activating group) is 1. The maximum atomic E-state index is 12.3. The van der Waals surface area contributed by atoms with E-state index in [0.717, 1.165) is 18.7 Å². The van der Waals surface area contributed by atoms with Crippen LogP contribution >= 0.6 is 11.3 Å². The average Bonchev–Trinajstić information content (AvgIpc) is 3.17. The van der Waals surface area contributed by atoms with Crippen LogP contribution in [0.15, 0.2) is 29.6 Å². The largest absolute Gasteiger partial charge is 0.493 e. The number of hydrogen-bond donors (Lipinski definition) is 2. The summed E-state index contributed by atoms with van der Waals surface area (Å²) in [5.74, 6) is 1.72. The van der Waals surface area contributed by atoms with Crippen molar-refractivity contribution < 1.29 is 23.9 Å². The number of carbonyl (C=O) groups is 1. The molecule has 0 spiro atoms. The maximum absolute atomic E-state index is 12.3. The summed E-state index contributed by atoms with van der Waals surface area (Å²) in [5, 5.41) is 5.04. The van der Waals surface area contributed by atoms with Gasteiger partial charge in [-0.05, 0) is 36.1 Å². The molecule has 0 bridgehead atoms. The van der Waals surface area contributed by atoms with E-state index in [0.29, 0.717) is 30.3 Å². The van der Waals surface area contributed by atoms with Crippen molar-refractivity contribution >= 4 is 17.2 Å². The van der Waals surface area contributed by atoms with Crippen LogP contribution in [0, 0.1) is 0 Å². The summed E-state index contributed by atoms with van der Waals surface area (Å²) < 4.78 is 16.0. The fourth-order valence-corrected chi connectivity index (χ4v) is 3.48. The van der Waals surface area contributed by atoms with E-state index in [4.69, 9.17) is 14.2 Å². The molecule has 0 saturated heterocycles. The number of methoxy groups -OCH3 is 3. The number of ether oxygens (including phenoxy) is 3. The van der Waals surface area contributed by atoms with Crippen LogP contribution in [0.25, 0.3) is 0 Å². The molecule has 1 aromatic carbocycles. The highest BCUT2D eigenvalue weighted by atomic mass is 32.1. The molecule has 0 radical (unpaired) electrons. The third-order valence-electron chi connectivity index (χ3n) is 4.13. The predicted molar refractivity (Wildman–Crippen MR) is 102 cm³/mol. The minimum Gasteiger partial charge on any atom is -0.493 e. The third kappa shape index (κ3) is 5.37. The number of hydrogen-bond acceptors (Lipinski definition) is 5. The standard InChI is InChI=1S/C19H26N2O4S/c1-5-21(12-15-7-6-8-26-15)13-18(22)20-11-14-9-16(23-2)19(25-4)17(10-14)24-3/h6-10H,5,11-13H2,1-4H3,(H,20,22)/p+1. The Morgan fingerprint density at radius 3 is 2.35 bits per heavy atom. The summed E-state index contributed by atoms with van der Waals surface area (Å²) in [4.78, 5) is 14.9. The van der Waals surface area contributed by atoms with Crippen LogP contribution in [0.5, 0.6) is 17.2 Å². The maximum Gasteiger partial charge on any atom is 0.275 e. The Morgan fingerprint density at radius 2 is 1.85 bits per heavy atom. The van der Waals surface area contributed by atoms with Gasteiger partial charge in [-0.25, -0.2) is 0 Å². The Bertz CT molecular complexity index is 679. The Kier molecular flexibility index (Phi) is 7.74. The number of carbonyl (C=O) groups excluding carboxylic acids is 1. The van der Waals surface area contributed by atoms with Gasteiger partial charge in [-0.1, -0.05) is 6.07 Å². The van der Waals surface area contributed by atoms with E-state index in [1.54, 1.807) is 32.7 Å². The lowest BCUT2D eigenvalue weighted by molar-refractivity contribution is -0.903. The Balaban J connectivity index is 1.95. The van der Waals surface area contributed by atoms with Crippen LogP contribution in [0.3, 0.4) is 0 Å². The second-order valence-electron chi connectivity index (χ2n) is 5.85. The summed E-state index contributed by atoms with van der Waals surface area (Å²) in [5.41, 5.74) is 0.893. The first kappa shape index (κ1) is 20.1. The lowest BCUT2D eigenvalue weighted by Crippen LogP contribution is -3.11. The predicted octanol–water partition coefficient (Wildman–Crippen LogP) is 1.50. The molecule has 0 aliphatic rings. The molecular weight excluding hydrogens is 352 g/mol. The monoisotopic (exact) mass is 379 g/mol. The molecule has 142 valence electrons. The first-order valence-corrected chi connectivity index (χ1v) is 9.40. The Labute approximate surface area is 158 Å². The van der Waals surface area contributed by atoms with Gasteiger partial charge < -0.3 is 24.4 Å². The van der Waals surface area contributed by atoms with E-state index in [-0.39, 0.29) is 5.91 Å². The fraction of sp³-hybridized carbons (Fsp3) is 0.421. The normalized spacial score (nSPS) is 11.7. The summed E-state index contributed by atoms with van der Waals surface area (Å²) in [6.07, 6.45) is 0. The van der Waals surface area contributed by atoms with Gasteiger partial charge in [-0.2, -0.15) is 0 Å². The molecule has 0 aliphatic carbocycles. The number of nitrogens with one attached hydrogen (secondary N) is 2. The van der Waals surface area contributed by atoms with Gasteiger partial charge in [-0.15, -0.1) is 11.3 Å². The van der Waals surface area contributed by atoms with Crippen molar-refractivity contribution in [1.82, 2.24) is 5.32 Å². The summed E-state index contributed by atoms with van der Waals surface area (Å²) in [7, 11) is 4.72. The second kappa shape index (κ2) is 10.0. The zero-order valence-corrected chi connectivity index (χ0v) is 16.6. The number of rotatable bonds is 10. The van der Waals surface area contributed by atoms with Crippen LogP contribution in [-0.4, -0.2) is 40.3 Å². The molecule has 6 nitrogen and oxygen atoms in total. The van der Waals surface area contributed by atoms with Crippen LogP contribution in [-0.2, 0) is 17.9 Å². The molecule has 2 rings (SSSR count). The molecule has 1 atom stereocenters. The highest BCUT2D eigenvalue weighted by molar-refractivity contribution is 7.09. The lowest BCUT2D eigenvalue weighted by Gasteiger charge is -2.17. The Hall–Kier alpha value is -2.25. The van der Waals surface area contributed by atoms with Crippen molar-refractivity contribution in [2.24, 2.45) is 0 Å². The van der Waals surface area contributed by atoms with Crippen LogP contribution in [0.4, 0.5) is 0 Å². The van der Waals surface area contributed by atoms with Crippen molar-refractivity contribution in [2.45, 2.75) is 20.0 Å². The van der Waals surface area contributed by atoms with Gasteiger partial charge in [0.25, 0.3) is 5.91 Å². The minimum absolute atomic E-state index is 0.0205. The second-order valence-corrected chi connectivity index (χ2v) is 6.88. The molecule has 0 fully saturated rings. The van der Waals surface area contributed by atoms with Gasteiger partial charge in [0.1, 0.15) is 6.54 Å². The molecule has 1 amide bonds. The van der Waals surface area contributed by atoms with Crippen molar-refractivity contribution in [2.75, 3.05) is 34.4 Å². The lowest BCUT2D eigenvalue weighted by atomic mass is 10.1. The number of thiophene rings is 1. The summed E-state index contributed by atoms with van der Waals surface area (Å²) >= 11 is 1.72. The smallest absolute Gasteiger partial charge is 0.275 e. The molecule has 2 N–H and O–H groups in total. The number of quaternary nitrogens is 1. The van der Waals surface area contributed by atoms with Crippen LogP contribution in [0.2, 0.25) is 0 Å². The van der Waals surface area contributed by atoms with E-state index >= 15 is 0 Å².